The van der Waals surface area contributed by atoms with Gasteiger partial charge in [-0.2, -0.15) is 0 Å². The van der Waals surface area contributed by atoms with E-state index in [9.17, 15) is 0 Å². The van der Waals surface area contributed by atoms with Gasteiger partial charge in [0, 0.05) is 13.5 Å². The molecule has 0 aliphatic carbocycles. The summed E-state index contributed by atoms with van der Waals surface area (Å²) in [4.78, 5) is 5.56. The summed E-state index contributed by atoms with van der Waals surface area (Å²) in [5.41, 5.74) is 2.06. The second-order valence-corrected chi connectivity index (χ2v) is 5.31. The molecule has 0 radical (unpaired) electrons. The number of aromatic nitrogens is 2. The van der Waals surface area contributed by atoms with E-state index in [1.165, 1.54) is 0 Å². The van der Waals surface area contributed by atoms with Gasteiger partial charge >= 0.3 is 0 Å². The first-order valence-corrected chi connectivity index (χ1v) is 6.21. The number of imidazole rings is 1. The molecule has 0 saturated heterocycles. The molecule has 0 atom stereocenters. The minimum Gasteiger partial charge on any atom is -0.396 e. The number of nitrogens with zero attached hydrogens (tertiary/aromatic N) is 2. The first-order chi connectivity index (χ1) is 7.63. The number of aliphatic hydroxyl groups is 1. The highest BCUT2D eigenvalue weighted by atomic mass is 35.5. The summed E-state index contributed by atoms with van der Waals surface area (Å²) in [6.07, 6.45) is 0.580. The summed E-state index contributed by atoms with van der Waals surface area (Å²) >= 11 is 7.47. The van der Waals surface area contributed by atoms with Gasteiger partial charge in [-0.25, -0.2) is 4.98 Å². The zero-order valence-corrected chi connectivity index (χ0v) is 10.8. The van der Waals surface area contributed by atoms with Gasteiger partial charge in [-0.05, 0) is 19.1 Å². The zero-order chi connectivity index (χ0) is 11.7. The predicted octanol–water partition coefficient (Wildman–Crippen LogP) is 2.65. The molecule has 0 saturated carbocycles. The number of aryl methyl sites for hydroxylation is 1. The van der Waals surface area contributed by atoms with Crippen LogP contribution in [0.3, 0.4) is 0 Å². The highest BCUT2D eigenvalue weighted by molar-refractivity contribution is 7.19. The van der Waals surface area contributed by atoms with Crippen molar-refractivity contribution in [2.24, 2.45) is 7.05 Å². The maximum atomic E-state index is 8.95. The van der Waals surface area contributed by atoms with Gasteiger partial charge in [0.05, 0.1) is 27.2 Å². The molecule has 16 heavy (non-hydrogen) atoms. The molecule has 0 aromatic carbocycles. The molecule has 0 fully saturated rings. The second-order valence-electron chi connectivity index (χ2n) is 3.60. The van der Waals surface area contributed by atoms with Crippen LogP contribution in [0.25, 0.3) is 10.6 Å². The topological polar surface area (TPSA) is 38.1 Å². The van der Waals surface area contributed by atoms with Crippen LogP contribution in [0.5, 0.6) is 0 Å². The number of rotatable bonds is 3. The van der Waals surface area contributed by atoms with E-state index in [-0.39, 0.29) is 6.61 Å². The highest BCUT2D eigenvalue weighted by Crippen LogP contribution is 2.33. The molecule has 0 bridgehead atoms. The van der Waals surface area contributed by atoms with Crippen molar-refractivity contribution in [3.05, 3.63) is 28.0 Å². The lowest BCUT2D eigenvalue weighted by Gasteiger charge is -2.03. The molecule has 2 rings (SSSR count). The van der Waals surface area contributed by atoms with Gasteiger partial charge in [0.15, 0.2) is 0 Å². The largest absolute Gasteiger partial charge is 0.396 e. The molecule has 3 nitrogen and oxygen atoms in total. The van der Waals surface area contributed by atoms with Crippen LogP contribution < -0.4 is 0 Å². The van der Waals surface area contributed by atoms with Gasteiger partial charge < -0.3 is 9.67 Å². The number of thiophene rings is 1. The van der Waals surface area contributed by atoms with Crippen molar-refractivity contribution in [3.8, 4) is 10.6 Å². The highest BCUT2D eigenvalue weighted by Gasteiger charge is 2.14. The molecule has 2 aromatic heterocycles. The van der Waals surface area contributed by atoms with E-state index in [4.69, 9.17) is 16.7 Å². The van der Waals surface area contributed by atoms with Crippen LogP contribution in [0.15, 0.2) is 12.1 Å². The van der Waals surface area contributed by atoms with Crippen molar-refractivity contribution >= 4 is 22.9 Å². The van der Waals surface area contributed by atoms with Gasteiger partial charge in [-0.1, -0.05) is 11.6 Å². The first-order valence-electron chi connectivity index (χ1n) is 5.02. The van der Waals surface area contributed by atoms with E-state index in [0.717, 1.165) is 26.4 Å². The van der Waals surface area contributed by atoms with Gasteiger partial charge in [0.2, 0.25) is 0 Å². The van der Waals surface area contributed by atoms with Crippen LogP contribution in [0.2, 0.25) is 4.34 Å². The van der Waals surface area contributed by atoms with E-state index in [0.29, 0.717) is 6.42 Å². The summed E-state index contributed by atoms with van der Waals surface area (Å²) in [6.45, 7) is 2.10. The maximum Gasteiger partial charge on any atom is 0.111 e. The fourth-order valence-corrected chi connectivity index (χ4v) is 2.98. The minimum atomic E-state index is 0.120. The Balaban J connectivity index is 2.48. The van der Waals surface area contributed by atoms with Crippen LogP contribution in [-0.2, 0) is 13.5 Å². The van der Waals surface area contributed by atoms with Crippen LogP contribution >= 0.6 is 22.9 Å². The lowest BCUT2D eigenvalue weighted by molar-refractivity contribution is 0.295. The zero-order valence-electron chi connectivity index (χ0n) is 9.20. The van der Waals surface area contributed by atoms with Gasteiger partial charge in [0.25, 0.3) is 0 Å². The summed E-state index contributed by atoms with van der Waals surface area (Å²) in [6, 6.07) is 3.89. The quantitative estimate of drug-likeness (QED) is 0.917. The van der Waals surface area contributed by atoms with Crippen molar-refractivity contribution in [1.29, 1.82) is 0 Å². The number of hydrogen-bond acceptors (Lipinski definition) is 3. The standard InChI is InChI=1S/C11H13ClN2OS/c1-7-11(8-3-4-9(12)16-8)14(2)10(13-7)5-6-15/h3-4,15H,5-6H2,1-2H3. The molecule has 2 aromatic rings. The Bertz CT molecular complexity index is 504. The molecular formula is C11H13ClN2OS. The molecule has 0 aliphatic heterocycles. The maximum absolute atomic E-state index is 8.95. The number of aliphatic hydroxyl groups excluding tert-OH is 1. The molecule has 2 heterocycles. The fourth-order valence-electron chi connectivity index (χ4n) is 1.80. The Morgan fingerprint density at radius 3 is 2.81 bits per heavy atom. The Kier molecular flexibility index (Phi) is 3.33. The molecule has 1 N–H and O–H groups in total. The van der Waals surface area contributed by atoms with Crippen LogP contribution in [-0.4, -0.2) is 21.3 Å². The van der Waals surface area contributed by atoms with Crippen molar-refractivity contribution < 1.29 is 5.11 Å². The lowest BCUT2D eigenvalue weighted by Crippen LogP contribution is -2.01. The van der Waals surface area contributed by atoms with E-state index in [1.807, 2.05) is 30.7 Å². The van der Waals surface area contributed by atoms with E-state index < -0.39 is 0 Å². The van der Waals surface area contributed by atoms with E-state index >= 15 is 0 Å². The summed E-state index contributed by atoms with van der Waals surface area (Å²) in [7, 11) is 1.97. The molecule has 86 valence electrons. The second kappa shape index (κ2) is 4.57. The minimum absolute atomic E-state index is 0.120. The smallest absolute Gasteiger partial charge is 0.111 e. The third kappa shape index (κ3) is 2.00. The SMILES string of the molecule is Cc1nc(CCO)n(C)c1-c1ccc(Cl)s1. The molecule has 0 unspecified atom stereocenters. The Morgan fingerprint density at radius 1 is 1.50 bits per heavy atom. The van der Waals surface area contributed by atoms with Crippen molar-refractivity contribution in [2.75, 3.05) is 6.61 Å². The molecule has 0 aliphatic rings. The van der Waals surface area contributed by atoms with Gasteiger partial charge in [-0.3, -0.25) is 0 Å². The molecule has 5 heteroatoms. The number of halogens is 1. The van der Waals surface area contributed by atoms with Crippen molar-refractivity contribution in [1.82, 2.24) is 9.55 Å². The van der Waals surface area contributed by atoms with Gasteiger partial charge in [-0.15, -0.1) is 11.3 Å². The monoisotopic (exact) mass is 256 g/mol. The lowest BCUT2D eigenvalue weighted by atomic mass is 10.3. The summed E-state index contributed by atoms with van der Waals surface area (Å²) in [5.74, 6) is 0.902. The normalized spacial score (nSPS) is 11.0. The van der Waals surface area contributed by atoms with Crippen LogP contribution in [0.1, 0.15) is 11.5 Å². The Labute approximate surface area is 103 Å². The van der Waals surface area contributed by atoms with Crippen molar-refractivity contribution in [3.63, 3.8) is 0 Å². The van der Waals surface area contributed by atoms with Crippen LogP contribution in [0.4, 0.5) is 0 Å². The third-order valence-corrected chi connectivity index (χ3v) is 3.74. The third-order valence-electron chi connectivity index (χ3n) is 2.50. The first kappa shape index (κ1) is 11.6. The van der Waals surface area contributed by atoms with Gasteiger partial charge in [0.1, 0.15) is 5.82 Å². The summed E-state index contributed by atoms with van der Waals surface area (Å²) in [5, 5.41) is 8.95. The van der Waals surface area contributed by atoms with E-state index in [1.54, 1.807) is 11.3 Å². The Morgan fingerprint density at radius 2 is 2.25 bits per heavy atom. The fraction of sp³-hybridized carbons (Fsp3) is 0.364. The molecule has 0 spiro atoms. The van der Waals surface area contributed by atoms with Crippen molar-refractivity contribution in [2.45, 2.75) is 13.3 Å². The average Bonchev–Trinajstić information content (AvgIpc) is 2.74. The van der Waals surface area contributed by atoms with E-state index in [2.05, 4.69) is 4.98 Å². The predicted molar refractivity (Wildman–Crippen MR) is 67.1 cm³/mol. The molecular weight excluding hydrogens is 244 g/mol. The van der Waals surface area contributed by atoms with Crippen LogP contribution in [0, 0.1) is 6.92 Å². The molecule has 0 amide bonds. The Hall–Kier alpha value is -0.840. The summed E-state index contributed by atoms with van der Waals surface area (Å²) < 4.78 is 2.80. The number of hydrogen-bond donors (Lipinski definition) is 1. The average molecular weight is 257 g/mol.